The maximum atomic E-state index is 7.14. The van der Waals surface area contributed by atoms with Gasteiger partial charge in [0.1, 0.15) is 5.75 Å². The summed E-state index contributed by atoms with van der Waals surface area (Å²) in [6.45, 7) is 0. The first kappa shape index (κ1) is 25.3. The first-order chi connectivity index (χ1) is 21.4. The highest BCUT2D eigenvalue weighted by Crippen LogP contribution is 2.44. The standard InChI is InChI=1S/C40H29NOSi/c1-6-18-30(19-7-1)37-39-40(38(31-20-8-2-9-21-31)41(37)32-22-10-3-11-23-32)43(33-24-12-4-13-25-33,34-26-14-5-15-27-34)36-29-17-16-28-35(36)42-39/h1-29H. The minimum Gasteiger partial charge on any atom is -0.455 e. The van der Waals surface area contributed by atoms with E-state index in [2.05, 4.69) is 180 Å². The van der Waals surface area contributed by atoms with Crippen LogP contribution in [0.4, 0.5) is 0 Å². The predicted molar refractivity (Wildman–Crippen MR) is 180 cm³/mol. The average Bonchev–Trinajstić information content (AvgIpc) is 3.44. The number of hydrogen-bond donors (Lipinski definition) is 0. The first-order valence-electron chi connectivity index (χ1n) is 14.7. The molecule has 0 atom stereocenters. The topological polar surface area (TPSA) is 14.2 Å². The summed E-state index contributed by atoms with van der Waals surface area (Å²) in [5.41, 5.74) is 5.63. The molecule has 43 heavy (non-hydrogen) atoms. The molecule has 0 unspecified atom stereocenters. The number of rotatable bonds is 5. The van der Waals surface area contributed by atoms with Crippen LogP contribution in [0.2, 0.25) is 0 Å². The molecule has 204 valence electrons. The summed E-state index contributed by atoms with van der Waals surface area (Å²) < 4.78 is 9.58. The summed E-state index contributed by atoms with van der Waals surface area (Å²) in [7, 11) is -2.93. The largest absolute Gasteiger partial charge is 0.455 e. The highest BCUT2D eigenvalue weighted by molar-refractivity contribution is 7.21. The Morgan fingerprint density at radius 1 is 0.419 bits per heavy atom. The molecule has 0 saturated carbocycles. The van der Waals surface area contributed by atoms with Crippen LogP contribution in [0.1, 0.15) is 0 Å². The molecule has 1 aliphatic rings. The van der Waals surface area contributed by atoms with Gasteiger partial charge in [0.2, 0.25) is 0 Å². The van der Waals surface area contributed by atoms with Crippen molar-refractivity contribution in [3.63, 3.8) is 0 Å². The van der Waals surface area contributed by atoms with E-state index in [-0.39, 0.29) is 0 Å². The number of nitrogens with zero attached hydrogens (tertiary/aromatic N) is 1. The summed E-state index contributed by atoms with van der Waals surface area (Å²) >= 11 is 0. The number of ether oxygens (including phenoxy) is 1. The van der Waals surface area contributed by atoms with Crippen molar-refractivity contribution in [3.8, 4) is 39.7 Å². The second kappa shape index (κ2) is 10.5. The Labute approximate surface area is 253 Å². The fourth-order valence-electron chi connectivity index (χ4n) is 6.81. The summed E-state index contributed by atoms with van der Waals surface area (Å²) in [4.78, 5) is 0. The van der Waals surface area contributed by atoms with Crippen molar-refractivity contribution in [3.05, 3.63) is 176 Å². The third-order valence-corrected chi connectivity index (χ3v) is 13.4. The van der Waals surface area contributed by atoms with Crippen molar-refractivity contribution in [1.29, 1.82) is 0 Å². The number of fused-ring (bicyclic) bond motifs is 2. The summed E-state index contributed by atoms with van der Waals surface area (Å²) in [6.07, 6.45) is 0. The van der Waals surface area contributed by atoms with Crippen molar-refractivity contribution in [2.75, 3.05) is 0 Å². The average molecular weight is 568 g/mol. The normalized spacial score (nSPS) is 13.0. The zero-order valence-corrected chi connectivity index (χ0v) is 24.6. The summed E-state index contributed by atoms with van der Waals surface area (Å²) in [6, 6.07) is 63.2. The molecular formula is C40H29NOSi. The molecule has 0 saturated heterocycles. The van der Waals surface area contributed by atoms with Gasteiger partial charge < -0.3 is 9.30 Å². The smallest absolute Gasteiger partial charge is 0.191 e. The number of benzene rings is 6. The summed E-state index contributed by atoms with van der Waals surface area (Å²) in [5.74, 6) is 1.86. The van der Waals surface area contributed by atoms with Crippen LogP contribution in [0.3, 0.4) is 0 Å². The highest BCUT2D eigenvalue weighted by Gasteiger charge is 2.52. The van der Waals surface area contributed by atoms with E-state index in [9.17, 15) is 0 Å². The SMILES string of the molecule is c1ccc(-c2c3c(c(-c4ccccc4)n2-c2ccccc2)[Si](c2ccccc2)(c2ccccc2)c2ccccc2O3)cc1. The van der Waals surface area contributed by atoms with Gasteiger partial charge >= 0.3 is 0 Å². The Morgan fingerprint density at radius 3 is 1.42 bits per heavy atom. The molecule has 7 aromatic rings. The molecule has 0 amide bonds. The molecule has 0 spiro atoms. The maximum absolute atomic E-state index is 7.14. The van der Waals surface area contributed by atoms with E-state index in [1.165, 1.54) is 26.4 Å². The molecule has 0 fully saturated rings. The second-order valence-corrected chi connectivity index (χ2v) is 14.6. The van der Waals surface area contributed by atoms with Gasteiger partial charge in [-0.1, -0.05) is 158 Å². The third-order valence-electron chi connectivity index (χ3n) is 8.53. The van der Waals surface area contributed by atoms with Crippen LogP contribution in [0.5, 0.6) is 11.5 Å². The lowest BCUT2D eigenvalue weighted by Crippen LogP contribution is -2.76. The van der Waals surface area contributed by atoms with E-state index in [0.717, 1.165) is 34.0 Å². The van der Waals surface area contributed by atoms with Crippen LogP contribution in [0, 0.1) is 0 Å². The monoisotopic (exact) mass is 567 g/mol. The van der Waals surface area contributed by atoms with Crippen LogP contribution in [0.25, 0.3) is 28.2 Å². The number of para-hydroxylation sites is 2. The molecule has 6 aromatic carbocycles. The molecule has 0 bridgehead atoms. The van der Waals surface area contributed by atoms with Crippen LogP contribution in [-0.4, -0.2) is 12.6 Å². The van der Waals surface area contributed by atoms with Gasteiger partial charge in [0.25, 0.3) is 0 Å². The Balaban J connectivity index is 1.65. The van der Waals surface area contributed by atoms with E-state index < -0.39 is 8.07 Å². The van der Waals surface area contributed by atoms with Gasteiger partial charge in [-0.15, -0.1) is 0 Å². The van der Waals surface area contributed by atoms with Gasteiger partial charge in [0.15, 0.2) is 13.8 Å². The predicted octanol–water partition coefficient (Wildman–Crippen LogP) is 7.29. The van der Waals surface area contributed by atoms with Gasteiger partial charge in [-0.25, -0.2) is 0 Å². The minimum absolute atomic E-state index is 0.927. The van der Waals surface area contributed by atoms with Gasteiger partial charge in [-0.2, -0.15) is 0 Å². The van der Waals surface area contributed by atoms with Crippen molar-refractivity contribution >= 4 is 28.8 Å². The van der Waals surface area contributed by atoms with E-state index in [0.29, 0.717) is 0 Å². The van der Waals surface area contributed by atoms with Crippen molar-refractivity contribution in [2.45, 2.75) is 0 Å². The van der Waals surface area contributed by atoms with Gasteiger partial charge in [-0.3, -0.25) is 0 Å². The van der Waals surface area contributed by atoms with E-state index in [1.807, 2.05) is 0 Å². The van der Waals surface area contributed by atoms with Crippen LogP contribution in [0.15, 0.2) is 176 Å². The lowest BCUT2D eigenvalue weighted by atomic mass is 10.1. The minimum atomic E-state index is -2.93. The molecule has 0 radical (unpaired) electrons. The molecular weight excluding hydrogens is 539 g/mol. The Morgan fingerprint density at radius 2 is 0.860 bits per heavy atom. The zero-order chi connectivity index (χ0) is 28.6. The highest BCUT2D eigenvalue weighted by atomic mass is 28.3. The maximum Gasteiger partial charge on any atom is 0.191 e. The molecule has 1 aromatic heterocycles. The van der Waals surface area contributed by atoms with Crippen molar-refractivity contribution < 1.29 is 4.74 Å². The number of hydrogen-bond acceptors (Lipinski definition) is 1. The van der Waals surface area contributed by atoms with Gasteiger partial charge in [0.05, 0.1) is 11.4 Å². The van der Waals surface area contributed by atoms with E-state index >= 15 is 0 Å². The Kier molecular flexibility index (Phi) is 6.17. The zero-order valence-electron chi connectivity index (χ0n) is 23.6. The third kappa shape index (κ3) is 3.93. The molecule has 3 heteroatoms. The second-order valence-electron chi connectivity index (χ2n) is 10.9. The summed E-state index contributed by atoms with van der Waals surface area (Å²) in [5, 5.41) is 5.21. The molecule has 2 heterocycles. The fraction of sp³-hybridized carbons (Fsp3) is 0. The van der Waals surface area contributed by atoms with Crippen molar-refractivity contribution in [2.24, 2.45) is 0 Å². The van der Waals surface area contributed by atoms with Crippen LogP contribution >= 0.6 is 0 Å². The molecule has 8 rings (SSSR count). The number of aromatic nitrogens is 1. The lowest BCUT2D eigenvalue weighted by Gasteiger charge is -2.39. The molecule has 1 aliphatic heterocycles. The lowest BCUT2D eigenvalue weighted by molar-refractivity contribution is 0.489. The molecule has 2 nitrogen and oxygen atoms in total. The van der Waals surface area contributed by atoms with Crippen molar-refractivity contribution in [1.82, 2.24) is 4.57 Å². The Hall–Kier alpha value is -5.38. The quantitative estimate of drug-likeness (QED) is 0.199. The molecule has 0 aliphatic carbocycles. The first-order valence-corrected chi connectivity index (χ1v) is 16.7. The van der Waals surface area contributed by atoms with Gasteiger partial charge in [-0.05, 0) is 39.3 Å². The molecule has 0 N–H and O–H groups in total. The van der Waals surface area contributed by atoms with Crippen LogP contribution < -0.4 is 25.5 Å². The Bertz CT molecular complexity index is 1980. The van der Waals surface area contributed by atoms with Gasteiger partial charge in [0, 0.05) is 16.4 Å². The van der Waals surface area contributed by atoms with E-state index in [4.69, 9.17) is 4.74 Å². The fourth-order valence-corrected chi connectivity index (χ4v) is 12.0. The van der Waals surface area contributed by atoms with E-state index in [1.54, 1.807) is 0 Å². The van der Waals surface area contributed by atoms with Crippen LogP contribution in [-0.2, 0) is 0 Å².